The quantitative estimate of drug-likeness (QED) is 0.618. The van der Waals surface area contributed by atoms with E-state index in [1.807, 2.05) is 0 Å². The van der Waals surface area contributed by atoms with Crippen LogP contribution in [0.15, 0.2) is 17.1 Å². The Hall–Kier alpha value is -1.58. The van der Waals surface area contributed by atoms with Crippen molar-refractivity contribution in [1.29, 1.82) is 0 Å². The fourth-order valence-corrected chi connectivity index (χ4v) is 1.60. The SMILES string of the molecule is OC(CNCCc1ncon1)COc1cnsn1. The van der Waals surface area contributed by atoms with E-state index >= 15 is 0 Å². The third kappa shape index (κ3) is 4.35. The number of hydrogen-bond donors (Lipinski definition) is 2. The maximum Gasteiger partial charge on any atom is 0.245 e. The van der Waals surface area contributed by atoms with Crippen LogP contribution in [0, 0.1) is 0 Å². The molecular formula is C9H13N5O3S. The summed E-state index contributed by atoms with van der Waals surface area (Å²) in [6.45, 7) is 1.27. The molecule has 9 heteroatoms. The van der Waals surface area contributed by atoms with Gasteiger partial charge in [0.15, 0.2) is 5.82 Å². The second-order valence-electron chi connectivity index (χ2n) is 3.51. The minimum Gasteiger partial charge on any atom is -0.473 e. The van der Waals surface area contributed by atoms with Gasteiger partial charge in [0, 0.05) is 19.5 Å². The molecule has 8 nitrogen and oxygen atoms in total. The zero-order chi connectivity index (χ0) is 12.6. The van der Waals surface area contributed by atoms with Crippen LogP contribution < -0.4 is 10.1 Å². The summed E-state index contributed by atoms with van der Waals surface area (Å²) in [6, 6.07) is 0. The molecule has 18 heavy (non-hydrogen) atoms. The van der Waals surface area contributed by atoms with E-state index < -0.39 is 6.10 Å². The first-order valence-corrected chi connectivity index (χ1v) is 6.12. The molecule has 2 aromatic heterocycles. The number of nitrogens with zero attached hydrogens (tertiary/aromatic N) is 4. The van der Waals surface area contributed by atoms with Crippen LogP contribution in [0.1, 0.15) is 5.82 Å². The van der Waals surface area contributed by atoms with Crippen molar-refractivity contribution in [3.05, 3.63) is 18.4 Å². The van der Waals surface area contributed by atoms with Crippen molar-refractivity contribution in [3.8, 4) is 5.88 Å². The topological polar surface area (TPSA) is 106 Å². The smallest absolute Gasteiger partial charge is 0.245 e. The van der Waals surface area contributed by atoms with Gasteiger partial charge in [-0.05, 0) is 0 Å². The highest BCUT2D eigenvalue weighted by atomic mass is 32.1. The molecule has 1 unspecified atom stereocenters. The fourth-order valence-electron chi connectivity index (χ4n) is 1.23. The Morgan fingerprint density at radius 1 is 1.56 bits per heavy atom. The Kier molecular flexibility index (Phi) is 5.00. The number of hydrogen-bond acceptors (Lipinski definition) is 9. The van der Waals surface area contributed by atoms with Gasteiger partial charge in [0.1, 0.15) is 18.9 Å². The third-order valence-electron chi connectivity index (χ3n) is 2.08. The van der Waals surface area contributed by atoms with E-state index in [-0.39, 0.29) is 6.61 Å². The number of aliphatic hydroxyl groups excluding tert-OH is 1. The molecule has 0 aromatic carbocycles. The van der Waals surface area contributed by atoms with Crippen LogP contribution in [-0.2, 0) is 6.42 Å². The Morgan fingerprint density at radius 2 is 2.50 bits per heavy atom. The lowest BCUT2D eigenvalue weighted by Gasteiger charge is -2.11. The van der Waals surface area contributed by atoms with E-state index in [1.165, 1.54) is 12.6 Å². The van der Waals surface area contributed by atoms with Crippen molar-refractivity contribution in [2.45, 2.75) is 12.5 Å². The summed E-state index contributed by atoms with van der Waals surface area (Å²) in [5.74, 6) is 1.08. The van der Waals surface area contributed by atoms with Crippen LogP contribution in [0.4, 0.5) is 0 Å². The number of aromatic nitrogens is 4. The van der Waals surface area contributed by atoms with E-state index in [0.29, 0.717) is 31.2 Å². The molecule has 2 aromatic rings. The Bertz CT molecular complexity index is 421. The first-order chi connectivity index (χ1) is 8.84. The van der Waals surface area contributed by atoms with Crippen LogP contribution in [0.3, 0.4) is 0 Å². The molecule has 2 rings (SSSR count). The molecule has 0 aliphatic heterocycles. The molecule has 0 amide bonds. The van der Waals surface area contributed by atoms with Crippen LogP contribution in [0.25, 0.3) is 0 Å². The van der Waals surface area contributed by atoms with Gasteiger partial charge in [0.25, 0.3) is 0 Å². The number of aliphatic hydroxyl groups is 1. The van der Waals surface area contributed by atoms with E-state index in [9.17, 15) is 5.11 Å². The van der Waals surface area contributed by atoms with Gasteiger partial charge in [0.2, 0.25) is 12.3 Å². The van der Waals surface area contributed by atoms with E-state index in [4.69, 9.17) is 4.74 Å². The predicted molar refractivity (Wildman–Crippen MR) is 62.3 cm³/mol. The van der Waals surface area contributed by atoms with Crippen molar-refractivity contribution in [2.75, 3.05) is 19.7 Å². The Morgan fingerprint density at radius 3 is 3.22 bits per heavy atom. The van der Waals surface area contributed by atoms with E-state index in [1.54, 1.807) is 0 Å². The van der Waals surface area contributed by atoms with Gasteiger partial charge in [-0.1, -0.05) is 5.16 Å². The zero-order valence-electron chi connectivity index (χ0n) is 9.52. The maximum absolute atomic E-state index is 9.62. The molecule has 0 saturated heterocycles. The second-order valence-corrected chi connectivity index (χ2v) is 4.07. The molecule has 0 radical (unpaired) electrons. The van der Waals surface area contributed by atoms with Crippen LogP contribution in [0.5, 0.6) is 5.88 Å². The van der Waals surface area contributed by atoms with Crippen LogP contribution >= 0.6 is 11.7 Å². The third-order valence-corrected chi connectivity index (χ3v) is 2.54. The van der Waals surface area contributed by atoms with Gasteiger partial charge in [0.05, 0.1) is 11.7 Å². The molecule has 0 aliphatic carbocycles. The zero-order valence-corrected chi connectivity index (χ0v) is 10.3. The molecule has 0 aliphatic rings. The summed E-state index contributed by atoms with van der Waals surface area (Å²) in [7, 11) is 0. The van der Waals surface area contributed by atoms with Crippen molar-refractivity contribution in [3.63, 3.8) is 0 Å². The summed E-state index contributed by atoms with van der Waals surface area (Å²) in [5, 5.41) is 16.4. The average Bonchev–Trinajstić information content (AvgIpc) is 3.04. The number of rotatable bonds is 8. The van der Waals surface area contributed by atoms with E-state index in [2.05, 4.69) is 28.7 Å². The first-order valence-electron chi connectivity index (χ1n) is 5.39. The molecule has 98 valence electrons. The minimum atomic E-state index is -0.600. The maximum atomic E-state index is 9.62. The molecule has 0 fully saturated rings. The lowest BCUT2D eigenvalue weighted by molar-refractivity contribution is 0.104. The Labute approximate surface area is 107 Å². The van der Waals surface area contributed by atoms with Crippen molar-refractivity contribution >= 4 is 11.7 Å². The summed E-state index contributed by atoms with van der Waals surface area (Å²) in [6.07, 6.45) is 2.86. The monoisotopic (exact) mass is 271 g/mol. The summed E-state index contributed by atoms with van der Waals surface area (Å²) >= 11 is 1.07. The fraction of sp³-hybridized carbons (Fsp3) is 0.556. The lowest BCUT2D eigenvalue weighted by atomic mass is 10.3. The van der Waals surface area contributed by atoms with Gasteiger partial charge in [-0.3, -0.25) is 0 Å². The normalized spacial score (nSPS) is 12.5. The van der Waals surface area contributed by atoms with Crippen molar-refractivity contribution in [2.24, 2.45) is 0 Å². The second kappa shape index (κ2) is 6.99. The van der Waals surface area contributed by atoms with Crippen molar-refractivity contribution < 1.29 is 14.4 Å². The highest BCUT2D eigenvalue weighted by Gasteiger charge is 2.06. The molecular weight excluding hydrogens is 258 g/mol. The molecule has 0 saturated carbocycles. The summed E-state index contributed by atoms with van der Waals surface area (Å²) in [5.41, 5.74) is 0. The Balaban J connectivity index is 1.53. The molecule has 2 N–H and O–H groups in total. The molecule has 1 atom stereocenters. The van der Waals surface area contributed by atoms with E-state index in [0.717, 1.165) is 11.7 Å². The minimum absolute atomic E-state index is 0.181. The van der Waals surface area contributed by atoms with Gasteiger partial charge < -0.3 is 19.7 Å². The predicted octanol–water partition coefficient (Wildman–Crippen LogP) is -0.507. The van der Waals surface area contributed by atoms with Crippen LogP contribution in [-0.4, -0.2) is 49.8 Å². The standard InChI is InChI=1S/C9H13N5O3S/c15-7(5-16-9-4-12-18-14-9)3-10-2-1-8-11-6-17-13-8/h4,6-7,10,15H,1-3,5H2. The van der Waals surface area contributed by atoms with Gasteiger partial charge in [-0.25, -0.2) is 0 Å². The first kappa shape index (κ1) is 12.9. The number of nitrogens with one attached hydrogen (secondary N) is 1. The summed E-state index contributed by atoms with van der Waals surface area (Å²) < 4.78 is 17.5. The van der Waals surface area contributed by atoms with Gasteiger partial charge in [-0.2, -0.15) is 9.36 Å². The van der Waals surface area contributed by atoms with Crippen molar-refractivity contribution in [1.82, 2.24) is 24.2 Å². The molecule has 2 heterocycles. The number of ether oxygens (including phenoxy) is 1. The average molecular weight is 271 g/mol. The highest BCUT2D eigenvalue weighted by molar-refractivity contribution is 6.99. The lowest BCUT2D eigenvalue weighted by Crippen LogP contribution is -2.32. The van der Waals surface area contributed by atoms with Crippen LogP contribution in [0.2, 0.25) is 0 Å². The molecule has 0 spiro atoms. The summed E-state index contributed by atoms with van der Waals surface area (Å²) in [4.78, 5) is 3.88. The molecule has 0 bridgehead atoms. The van der Waals surface area contributed by atoms with Gasteiger partial charge >= 0.3 is 0 Å². The highest BCUT2D eigenvalue weighted by Crippen LogP contribution is 2.04. The van der Waals surface area contributed by atoms with Gasteiger partial charge in [-0.15, -0.1) is 4.37 Å². The largest absolute Gasteiger partial charge is 0.473 e.